The van der Waals surface area contributed by atoms with Crippen LogP contribution >= 0.6 is 11.6 Å². The minimum atomic E-state index is -1.19. The molecule has 0 saturated carbocycles. The van der Waals surface area contributed by atoms with Gasteiger partial charge in [-0.1, -0.05) is 11.6 Å². The van der Waals surface area contributed by atoms with E-state index in [0.29, 0.717) is 0 Å². The van der Waals surface area contributed by atoms with Crippen molar-refractivity contribution in [2.75, 3.05) is 6.61 Å². The SMILES string of the molecule is N[C@H](CO)c1cc(Cl)cnc1C(=O)O. The second kappa shape index (κ2) is 4.36. The molecule has 0 saturated heterocycles. The van der Waals surface area contributed by atoms with Gasteiger partial charge in [0.15, 0.2) is 5.69 Å². The van der Waals surface area contributed by atoms with Crippen molar-refractivity contribution in [1.29, 1.82) is 0 Å². The molecule has 0 spiro atoms. The largest absolute Gasteiger partial charge is 0.477 e. The number of aliphatic hydroxyl groups is 1. The van der Waals surface area contributed by atoms with Gasteiger partial charge in [-0.3, -0.25) is 0 Å². The number of halogens is 1. The van der Waals surface area contributed by atoms with Gasteiger partial charge in [0.1, 0.15) is 0 Å². The van der Waals surface area contributed by atoms with E-state index in [9.17, 15) is 4.79 Å². The number of aromatic nitrogens is 1. The van der Waals surface area contributed by atoms with Crippen LogP contribution in [0.2, 0.25) is 5.02 Å². The van der Waals surface area contributed by atoms with E-state index >= 15 is 0 Å². The molecule has 76 valence electrons. The van der Waals surface area contributed by atoms with Crippen molar-refractivity contribution in [2.45, 2.75) is 6.04 Å². The van der Waals surface area contributed by atoms with Crippen LogP contribution in [0.25, 0.3) is 0 Å². The first-order chi connectivity index (χ1) is 6.56. The van der Waals surface area contributed by atoms with E-state index in [1.807, 2.05) is 0 Å². The Hall–Kier alpha value is -1.17. The summed E-state index contributed by atoms with van der Waals surface area (Å²) in [6.07, 6.45) is 1.22. The number of aliphatic hydroxyl groups excluding tert-OH is 1. The molecule has 0 fully saturated rings. The van der Waals surface area contributed by atoms with Gasteiger partial charge >= 0.3 is 5.97 Å². The summed E-state index contributed by atoms with van der Waals surface area (Å²) in [4.78, 5) is 14.3. The zero-order valence-corrected chi connectivity index (χ0v) is 7.90. The maximum atomic E-state index is 10.7. The van der Waals surface area contributed by atoms with Gasteiger partial charge < -0.3 is 15.9 Å². The van der Waals surface area contributed by atoms with Crippen LogP contribution in [0, 0.1) is 0 Å². The van der Waals surface area contributed by atoms with E-state index in [0.717, 1.165) is 0 Å². The summed E-state index contributed by atoms with van der Waals surface area (Å²) < 4.78 is 0. The van der Waals surface area contributed by atoms with Gasteiger partial charge in [-0.25, -0.2) is 9.78 Å². The Morgan fingerprint density at radius 1 is 1.71 bits per heavy atom. The maximum Gasteiger partial charge on any atom is 0.354 e. The average molecular weight is 217 g/mol. The highest BCUT2D eigenvalue weighted by molar-refractivity contribution is 6.30. The van der Waals surface area contributed by atoms with Crippen molar-refractivity contribution in [1.82, 2.24) is 4.98 Å². The van der Waals surface area contributed by atoms with Crippen molar-refractivity contribution in [2.24, 2.45) is 5.73 Å². The lowest BCUT2D eigenvalue weighted by Gasteiger charge is -2.10. The van der Waals surface area contributed by atoms with Crippen molar-refractivity contribution in [3.8, 4) is 0 Å². The fourth-order valence-corrected chi connectivity index (χ4v) is 1.18. The van der Waals surface area contributed by atoms with Crippen LogP contribution < -0.4 is 5.73 Å². The van der Waals surface area contributed by atoms with E-state index < -0.39 is 12.0 Å². The van der Waals surface area contributed by atoms with Crippen molar-refractivity contribution < 1.29 is 15.0 Å². The minimum absolute atomic E-state index is 0.184. The van der Waals surface area contributed by atoms with Crippen LogP contribution in [-0.4, -0.2) is 27.8 Å². The van der Waals surface area contributed by atoms with Crippen molar-refractivity contribution in [3.05, 3.63) is 28.5 Å². The van der Waals surface area contributed by atoms with Gasteiger partial charge in [-0.2, -0.15) is 0 Å². The molecule has 1 rings (SSSR count). The topological polar surface area (TPSA) is 96.4 Å². The highest BCUT2D eigenvalue weighted by Gasteiger charge is 2.17. The molecule has 5 nitrogen and oxygen atoms in total. The number of carbonyl (C=O) groups is 1. The van der Waals surface area contributed by atoms with Crippen molar-refractivity contribution >= 4 is 17.6 Å². The molecule has 0 radical (unpaired) electrons. The predicted octanol–water partition coefficient (Wildman–Crippen LogP) is 0.425. The van der Waals surface area contributed by atoms with E-state index in [1.165, 1.54) is 12.3 Å². The zero-order chi connectivity index (χ0) is 10.7. The first-order valence-corrected chi connectivity index (χ1v) is 4.19. The van der Waals surface area contributed by atoms with Gasteiger partial charge in [-0.05, 0) is 6.07 Å². The van der Waals surface area contributed by atoms with Crippen LogP contribution in [0.5, 0.6) is 0 Å². The molecule has 1 atom stereocenters. The molecular weight excluding hydrogens is 208 g/mol. The smallest absolute Gasteiger partial charge is 0.354 e. The minimum Gasteiger partial charge on any atom is -0.477 e. The molecule has 0 aliphatic heterocycles. The Morgan fingerprint density at radius 3 is 2.86 bits per heavy atom. The molecule has 0 unspecified atom stereocenters. The first kappa shape index (κ1) is 10.9. The van der Waals surface area contributed by atoms with Crippen LogP contribution in [0.1, 0.15) is 22.1 Å². The zero-order valence-electron chi connectivity index (χ0n) is 7.14. The number of pyridine rings is 1. The summed E-state index contributed by atoms with van der Waals surface area (Å²) in [5, 5.41) is 17.8. The van der Waals surface area contributed by atoms with Gasteiger partial charge in [0.25, 0.3) is 0 Å². The maximum absolute atomic E-state index is 10.7. The Kier molecular flexibility index (Phi) is 3.40. The highest BCUT2D eigenvalue weighted by atomic mass is 35.5. The summed E-state index contributed by atoms with van der Waals surface area (Å²) in [5.74, 6) is -1.19. The molecule has 6 heteroatoms. The van der Waals surface area contributed by atoms with Crippen LogP contribution in [0.15, 0.2) is 12.3 Å². The molecule has 0 aliphatic rings. The average Bonchev–Trinajstić information content (AvgIpc) is 2.16. The Balaban J connectivity index is 3.22. The highest BCUT2D eigenvalue weighted by Crippen LogP contribution is 2.18. The summed E-state index contributed by atoms with van der Waals surface area (Å²) in [7, 11) is 0. The number of carboxylic acids is 1. The molecule has 0 aliphatic carbocycles. The number of nitrogens with two attached hydrogens (primary N) is 1. The Labute approximate surface area is 85.1 Å². The summed E-state index contributed by atoms with van der Waals surface area (Å²) in [5.41, 5.74) is 5.53. The lowest BCUT2D eigenvalue weighted by atomic mass is 10.1. The molecule has 0 aromatic carbocycles. The lowest BCUT2D eigenvalue weighted by molar-refractivity contribution is 0.0688. The predicted molar refractivity (Wildman–Crippen MR) is 50.2 cm³/mol. The summed E-state index contributed by atoms with van der Waals surface area (Å²) in [6.45, 7) is -0.359. The van der Waals surface area contributed by atoms with Crippen LogP contribution in [0.3, 0.4) is 0 Å². The summed E-state index contributed by atoms with van der Waals surface area (Å²) in [6, 6.07) is 0.603. The van der Waals surface area contributed by atoms with E-state index in [1.54, 1.807) is 0 Å². The fourth-order valence-electron chi connectivity index (χ4n) is 1.01. The molecule has 1 aromatic heterocycles. The van der Waals surface area contributed by atoms with Crippen LogP contribution in [0.4, 0.5) is 0 Å². The number of nitrogens with zero attached hydrogens (tertiary/aromatic N) is 1. The Bertz CT molecular complexity index is 356. The van der Waals surface area contributed by atoms with Crippen LogP contribution in [-0.2, 0) is 0 Å². The number of aromatic carboxylic acids is 1. The standard InChI is InChI=1S/C8H9ClN2O3/c9-4-1-5(6(10)3-12)7(8(13)14)11-2-4/h1-2,6,12H,3,10H2,(H,13,14)/t6-/m1/s1. The van der Waals surface area contributed by atoms with E-state index in [-0.39, 0.29) is 22.9 Å². The lowest BCUT2D eigenvalue weighted by Crippen LogP contribution is -2.19. The second-order valence-electron chi connectivity index (χ2n) is 2.69. The molecule has 14 heavy (non-hydrogen) atoms. The molecular formula is C8H9ClN2O3. The normalized spacial score (nSPS) is 12.5. The molecule has 0 bridgehead atoms. The summed E-state index contributed by atoms with van der Waals surface area (Å²) >= 11 is 5.63. The monoisotopic (exact) mass is 216 g/mol. The van der Waals surface area contributed by atoms with Crippen molar-refractivity contribution in [3.63, 3.8) is 0 Å². The fraction of sp³-hybridized carbons (Fsp3) is 0.250. The third-order valence-corrected chi connectivity index (χ3v) is 1.89. The molecule has 1 heterocycles. The third kappa shape index (κ3) is 2.20. The first-order valence-electron chi connectivity index (χ1n) is 3.81. The molecule has 0 amide bonds. The Morgan fingerprint density at radius 2 is 2.36 bits per heavy atom. The van der Waals surface area contributed by atoms with Gasteiger partial charge in [0.05, 0.1) is 17.7 Å². The van der Waals surface area contributed by atoms with Gasteiger partial charge in [0, 0.05) is 11.8 Å². The number of rotatable bonds is 3. The number of hydrogen-bond acceptors (Lipinski definition) is 4. The number of hydrogen-bond donors (Lipinski definition) is 3. The third-order valence-electron chi connectivity index (χ3n) is 1.68. The molecule has 1 aromatic rings. The van der Waals surface area contributed by atoms with Gasteiger partial charge in [-0.15, -0.1) is 0 Å². The van der Waals surface area contributed by atoms with E-state index in [2.05, 4.69) is 4.98 Å². The van der Waals surface area contributed by atoms with Gasteiger partial charge in [0.2, 0.25) is 0 Å². The quantitative estimate of drug-likeness (QED) is 0.681. The number of carboxylic acid groups (broad SMARTS) is 1. The van der Waals surface area contributed by atoms with E-state index in [4.69, 9.17) is 27.5 Å². The molecule has 4 N–H and O–H groups in total. The second-order valence-corrected chi connectivity index (χ2v) is 3.12.